The van der Waals surface area contributed by atoms with Crippen molar-refractivity contribution in [3.63, 3.8) is 0 Å². The number of hydrogen-bond donors (Lipinski definition) is 0. The van der Waals surface area contributed by atoms with Crippen LogP contribution in [0.5, 0.6) is 0 Å². The maximum atomic E-state index is 12.1. The zero-order valence-corrected chi connectivity index (χ0v) is 10.4. The molecule has 1 saturated heterocycles. The quantitative estimate of drug-likeness (QED) is 0.799. The molecule has 0 N–H and O–H groups in total. The van der Waals surface area contributed by atoms with E-state index in [1.54, 1.807) is 0 Å². The van der Waals surface area contributed by atoms with Crippen LogP contribution in [0, 0.1) is 0 Å². The van der Waals surface area contributed by atoms with Gasteiger partial charge in [0.25, 0.3) is 0 Å². The van der Waals surface area contributed by atoms with E-state index in [0.29, 0.717) is 31.6 Å². The molecule has 1 spiro atoms. The van der Waals surface area contributed by atoms with Crippen LogP contribution in [0.4, 0.5) is 0 Å². The van der Waals surface area contributed by atoms with Crippen molar-refractivity contribution in [3.8, 4) is 0 Å². The van der Waals surface area contributed by atoms with E-state index in [1.807, 2.05) is 35.2 Å². The molecule has 1 aromatic rings. The van der Waals surface area contributed by atoms with Gasteiger partial charge in [-0.05, 0) is 18.4 Å². The number of likely N-dealkylation sites (tertiary alicyclic amines) is 1. The highest BCUT2D eigenvalue weighted by Crippen LogP contribution is 2.42. The summed E-state index contributed by atoms with van der Waals surface area (Å²) >= 11 is 0. The number of amides is 1. The highest BCUT2D eigenvalue weighted by molar-refractivity contribution is 5.87. The third-order valence-electron chi connectivity index (χ3n) is 4.26. The first kappa shape index (κ1) is 11.5. The van der Waals surface area contributed by atoms with Crippen LogP contribution in [0.3, 0.4) is 0 Å². The Balaban J connectivity index is 1.84. The Kier molecular flexibility index (Phi) is 2.69. The number of ketones is 1. The molecule has 1 aliphatic heterocycles. The van der Waals surface area contributed by atoms with Gasteiger partial charge in [0.15, 0.2) is 0 Å². The lowest BCUT2D eigenvalue weighted by atomic mass is 9.94. The molecule has 1 aliphatic carbocycles. The first-order valence-electron chi connectivity index (χ1n) is 6.56. The SMILES string of the molecule is O=C1CCC2(CCC(=O)N2Cc2ccccc2)C1. The molecule has 1 amide bonds. The number of carbonyl (C=O) groups excluding carboxylic acids is 2. The average Bonchev–Trinajstić information content (AvgIpc) is 2.89. The van der Waals surface area contributed by atoms with E-state index in [2.05, 4.69) is 0 Å². The topological polar surface area (TPSA) is 37.4 Å². The lowest BCUT2D eigenvalue weighted by molar-refractivity contribution is -0.132. The lowest BCUT2D eigenvalue weighted by Gasteiger charge is -2.34. The average molecular weight is 243 g/mol. The van der Waals surface area contributed by atoms with Crippen LogP contribution >= 0.6 is 0 Å². The van der Waals surface area contributed by atoms with Crippen LogP contribution in [-0.2, 0) is 16.1 Å². The molecule has 0 bridgehead atoms. The molecule has 0 aromatic heterocycles. The van der Waals surface area contributed by atoms with Crippen molar-refractivity contribution in [2.45, 2.75) is 44.2 Å². The normalized spacial score (nSPS) is 27.4. The second-order valence-corrected chi connectivity index (χ2v) is 5.41. The number of hydrogen-bond acceptors (Lipinski definition) is 2. The minimum absolute atomic E-state index is 0.163. The van der Waals surface area contributed by atoms with Crippen molar-refractivity contribution < 1.29 is 9.59 Å². The van der Waals surface area contributed by atoms with Crippen LogP contribution in [0.15, 0.2) is 30.3 Å². The number of rotatable bonds is 2. The first-order chi connectivity index (χ1) is 8.70. The highest BCUT2D eigenvalue weighted by Gasteiger charge is 2.49. The maximum absolute atomic E-state index is 12.1. The summed E-state index contributed by atoms with van der Waals surface area (Å²) in [6.07, 6.45) is 3.50. The van der Waals surface area contributed by atoms with Crippen molar-refractivity contribution in [2.24, 2.45) is 0 Å². The Bertz CT molecular complexity index is 479. The fourth-order valence-electron chi connectivity index (χ4n) is 3.26. The molecule has 1 unspecified atom stereocenters. The molecule has 3 rings (SSSR count). The van der Waals surface area contributed by atoms with Crippen LogP contribution < -0.4 is 0 Å². The third kappa shape index (κ3) is 1.84. The van der Waals surface area contributed by atoms with Gasteiger partial charge in [0, 0.05) is 25.8 Å². The monoisotopic (exact) mass is 243 g/mol. The molecule has 0 radical (unpaired) electrons. The van der Waals surface area contributed by atoms with Gasteiger partial charge in [-0.3, -0.25) is 9.59 Å². The van der Waals surface area contributed by atoms with Crippen LogP contribution in [0.1, 0.15) is 37.7 Å². The fourth-order valence-corrected chi connectivity index (χ4v) is 3.26. The molecule has 2 aliphatic rings. The van der Waals surface area contributed by atoms with E-state index >= 15 is 0 Å². The summed E-state index contributed by atoms with van der Waals surface area (Å²) in [5.74, 6) is 0.510. The Morgan fingerprint density at radius 1 is 1.06 bits per heavy atom. The van der Waals surface area contributed by atoms with Crippen molar-refractivity contribution >= 4 is 11.7 Å². The van der Waals surface area contributed by atoms with E-state index in [1.165, 1.54) is 0 Å². The van der Waals surface area contributed by atoms with Gasteiger partial charge in [0.2, 0.25) is 5.91 Å². The van der Waals surface area contributed by atoms with Gasteiger partial charge < -0.3 is 4.90 Å². The minimum atomic E-state index is -0.163. The Morgan fingerprint density at radius 3 is 2.44 bits per heavy atom. The summed E-state index contributed by atoms with van der Waals surface area (Å²) in [6.45, 7) is 0.646. The fraction of sp³-hybridized carbons (Fsp3) is 0.467. The van der Waals surface area contributed by atoms with Gasteiger partial charge in [-0.2, -0.15) is 0 Å². The molecule has 1 atom stereocenters. The zero-order valence-electron chi connectivity index (χ0n) is 10.4. The lowest BCUT2D eigenvalue weighted by Crippen LogP contribution is -2.43. The number of Topliss-reactive ketones (excluding diaryl/α,β-unsaturated/α-hetero) is 1. The van der Waals surface area contributed by atoms with Crippen LogP contribution in [0.2, 0.25) is 0 Å². The maximum Gasteiger partial charge on any atom is 0.223 e. The molecule has 3 nitrogen and oxygen atoms in total. The summed E-state index contributed by atoms with van der Waals surface area (Å²) in [4.78, 5) is 25.6. The van der Waals surface area contributed by atoms with Crippen molar-refractivity contribution in [3.05, 3.63) is 35.9 Å². The van der Waals surface area contributed by atoms with Gasteiger partial charge >= 0.3 is 0 Å². The van der Waals surface area contributed by atoms with E-state index in [4.69, 9.17) is 0 Å². The summed E-state index contributed by atoms with van der Waals surface area (Å²) in [5.41, 5.74) is 0.982. The van der Waals surface area contributed by atoms with Crippen molar-refractivity contribution in [1.29, 1.82) is 0 Å². The van der Waals surface area contributed by atoms with Gasteiger partial charge in [-0.25, -0.2) is 0 Å². The summed E-state index contributed by atoms with van der Waals surface area (Å²) < 4.78 is 0. The van der Waals surface area contributed by atoms with Crippen molar-refractivity contribution in [1.82, 2.24) is 4.90 Å². The molecule has 2 fully saturated rings. The van der Waals surface area contributed by atoms with Crippen molar-refractivity contribution in [2.75, 3.05) is 0 Å². The first-order valence-corrected chi connectivity index (χ1v) is 6.56. The third-order valence-corrected chi connectivity index (χ3v) is 4.26. The van der Waals surface area contributed by atoms with Gasteiger partial charge in [0.1, 0.15) is 5.78 Å². The van der Waals surface area contributed by atoms with E-state index in [0.717, 1.165) is 18.4 Å². The summed E-state index contributed by atoms with van der Waals surface area (Å²) in [5, 5.41) is 0. The molecule has 1 heterocycles. The standard InChI is InChI=1S/C15H17NO2/c17-13-6-8-15(10-13)9-7-14(18)16(15)11-12-4-2-1-3-5-12/h1-5H,6-11H2. The second-order valence-electron chi connectivity index (χ2n) is 5.41. The van der Waals surface area contributed by atoms with Gasteiger partial charge in [-0.15, -0.1) is 0 Å². The number of benzene rings is 1. The molecule has 1 saturated carbocycles. The predicted octanol–water partition coefficient (Wildman–Crippen LogP) is 2.30. The minimum Gasteiger partial charge on any atom is -0.332 e. The Hall–Kier alpha value is -1.64. The molecule has 94 valence electrons. The molecular formula is C15H17NO2. The molecule has 1 aromatic carbocycles. The largest absolute Gasteiger partial charge is 0.332 e. The van der Waals surface area contributed by atoms with Crippen LogP contribution in [0.25, 0.3) is 0 Å². The second kappa shape index (κ2) is 4.23. The van der Waals surface area contributed by atoms with Crippen LogP contribution in [-0.4, -0.2) is 22.1 Å². The molecular weight excluding hydrogens is 226 g/mol. The molecule has 3 heteroatoms. The Morgan fingerprint density at radius 2 is 1.78 bits per heavy atom. The smallest absolute Gasteiger partial charge is 0.223 e. The predicted molar refractivity (Wildman–Crippen MR) is 67.8 cm³/mol. The van der Waals surface area contributed by atoms with E-state index in [-0.39, 0.29) is 11.4 Å². The Labute approximate surface area is 107 Å². The summed E-state index contributed by atoms with van der Waals surface area (Å²) in [6, 6.07) is 10.0. The highest BCUT2D eigenvalue weighted by atomic mass is 16.2. The number of nitrogens with zero attached hydrogens (tertiary/aromatic N) is 1. The number of carbonyl (C=O) groups is 2. The zero-order chi connectivity index (χ0) is 12.6. The van der Waals surface area contributed by atoms with E-state index < -0.39 is 0 Å². The molecule has 18 heavy (non-hydrogen) atoms. The van der Waals surface area contributed by atoms with E-state index in [9.17, 15) is 9.59 Å². The van der Waals surface area contributed by atoms with Gasteiger partial charge in [-0.1, -0.05) is 30.3 Å². The van der Waals surface area contributed by atoms with Gasteiger partial charge in [0.05, 0.1) is 5.54 Å². The summed E-state index contributed by atoms with van der Waals surface area (Å²) in [7, 11) is 0.